The number of amides is 2. The Morgan fingerprint density at radius 1 is 1.21 bits per heavy atom. The number of nitrogens with zero attached hydrogens (tertiary/aromatic N) is 1. The van der Waals surface area contributed by atoms with Gasteiger partial charge in [0.05, 0.1) is 12.5 Å². The molecule has 0 heterocycles. The second-order valence-electron chi connectivity index (χ2n) is 6.78. The van der Waals surface area contributed by atoms with Crippen LogP contribution in [0.1, 0.15) is 41.0 Å². The lowest BCUT2D eigenvalue weighted by molar-refractivity contribution is -0.139. The summed E-state index contributed by atoms with van der Waals surface area (Å²) in [6.45, 7) is 11.0. The minimum absolute atomic E-state index is 0.0237. The highest BCUT2D eigenvalue weighted by Gasteiger charge is 2.28. The molecule has 5 nitrogen and oxygen atoms in total. The van der Waals surface area contributed by atoms with Crippen LogP contribution in [0.3, 0.4) is 0 Å². The van der Waals surface area contributed by atoms with E-state index in [2.05, 4.69) is 20.8 Å². The fourth-order valence-electron chi connectivity index (χ4n) is 2.13. The third-order valence-electron chi connectivity index (χ3n) is 2.74. The van der Waals surface area contributed by atoms with Gasteiger partial charge in [-0.1, -0.05) is 34.6 Å². The van der Waals surface area contributed by atoms with Crippen molar-refractivity contribution in [2.45, 2.75) is 41.0 Å². The van der Waals surface area contributed by atoms with Crippen LogP contribution in [0.4, 0.5) is 0 Å². The van der Waals surface area contributed by atoms with Crippen LogP contribution in [0, 0.1) is 17.3 Å². The predicted octanol–water partition coefficient (Wildman–Crippen LogP) is 0.967. The molecule has 2 amide bonds. The number of hydrogen-bond acceptors (Lipinski definition) is 3. The standard InChI is InChI=1S/C14H29N3O2/c1-10(2)8-17(9-12(16)18)13(19)11(7-15)6-14(3,4)5/h10-11H,6-9,15H2,1-5H3,(H2,16,18). The second-order valence-corrected chi connectivity index (χ2v) is 6.78. The van der Waals surface area contributed by atoms with Crippen molar-refractivity contribution in [2.24, 2.45) is 28.7 Å². The van der Waals surface area contributed by atoms with E-state index in [0.29, 0.717) is 19.5 Å². The molecule has 0 spiro atoms. The number of carbonyl (C=O) groups excluding carboxylic acids is 2. The van der Waals surface area contributed by atoms with Crippen molar-refractivity contribution in [1.82, 2.24) is 4.90 Å². The van der Waals surface area contributed by atoms with Gasteiger partial charge in [0.25, 0.3) is 0 Å². The first-order chi connectivity index (χ1) is 8.56. The highest BCUT2D eigenvalue weighted by atomic mass is 16.2. The van der Waals surface area contributed by atoms with E-state index in [1.54, 1.807) is 0 Å². The number of nitrogens with two attached hydrogens (primary N) is 2. The molecule has 0 aliphatic heterocycles. The molecule has 1 atom stereocenters. The molecule has 0 saturated heterocycles. The molecule has 0 bridgehead atoms. The molecule has 0 fully saturated rings. The van der Waals surface area contributed by atoms with Crippen LogP contribution in [0.5, 0.6) is 0 Å². The van der Waals surface area contributed by atoms with Crippen molar-refractivity contribution in [3.05, 3.63) is 0 Å². The van der Waals surface area contributed by atoms with Crippen molar-refractivity contribution in [3.8, 4) is 0 Å². The zero-order valence-corrected chi connectivity index (χ0v) is 12.9. The summed E-state index contributed by atoms with van der Waals surface area (Å²) in [5.41, 5.74) is 11.0. The van der Waals surface area contributed by atoms with Gasteiger partial charge in [-0.05, 0) is 17.8 Å². The first kappa shape index (κ1) is 17.9. The summed E-state index contributed by atoms with van der Waals surface area (Å²) in [6, 6.07) is 0. The lowest BCUT2D eigenvalue weighted by Gasteiger charge is -2.30. The molecule has 0 aromatic heterocycles. The molecular formula is C14H29N3O2. The maximum absolute atomic E-state index is 12.5. The third kappa shape index (κ3) is 7.82. The van der Waals surface area contributed by atoms with Crippen LogP contribution in [0.25, 0.3) is 0 Å². The molecule has 19 heavy (non-hydrogen) atoms. The molecule has 0 aliphatic carbocycles. The van der Waals surface area contributed by atoms with Gasteiger partial charge in [0.15, 0.2) is 0 Å². The van der Waals surface area contributed by atoms with Crippen LogP contribution in [0.15, 0.2) is 0 Å². The zero-order valence-electron chi connectivity index (χ0n) is 12.9. The molecule has 0 aromatic carbocycles. The molecule has 0 aromatic rings. The van der Waals surface area contributed by atoms with Crippen molar-refractivity contribution >= 4 is 11.8 Å². The molecule has 0 radical (unpaired) electrons. The average molecular weight is 271 g/mol. The van der Waals surface area contributed by atoms with E-state index in [1.807, 2.05) is 13.8 Å². The van der Waals surface area contributed by atoms with E-state index in [4.69, 9.17) is 11.5 Å². The van der Waals surface area contributed by atoms with Gasteiger partial charge in [0.2, 0.25) is 11.8 Å². The highest BCUT2D eigenvalue weighted by molar-refractivity contribution is 5.85. The normalized spacial score (nSPS) is 13.4. The van der Waals surface area contributed by atoms with Crippen molar-refractivity contribution in [1.29, 1.82) is 0 Å². The Balaban J connectivity index is 4.87. The van der Waals surface area contributed by atoms with E-state index in [-0.39, 0.29) is 29.7 Å². The number of primary amides is 1. The maximum Gasteiger partial charge on any atom is 0.237 e. The number of rotatable bonds is 7. The molecule has 5 heteroatoms. The average Bonchev–Trinajstić information content (AvgIpc) is 2.21. The Morgan fingerprint density at radius 2 is 1.74 bits per heavy atom. The Morgan fingerprint density at radius 3 is 2.05 bits per heavy atom. The summed E-state index contributed by atoms with van der Waals surface area (Å²) in [4.78, 5) is 25.1. The van der Waals surface area contributed by atoms with Crippen molar-refractivity contribution < 1.29 is 9.59 Å². The molecule has 0 aliphatic rings. The van der Waals surface area contributed by atoms with Crippen molar-refractivity contribution in [2.75, 3.05) is 19.6 Å². The van der Waals surface area contributed by atoms with Gasteiger partial charge in [0.1, 0.15) is 0 Å². The van der Waals surface area contributed by atoms with E-state index in [9.17, 15) is 9.59 Å². The Labute approximate surface area is 116 Å². The lowest BCUT2D eigenvalue weighted by Crippen LogP contribution is -2.46. The summed E-state index contributed by atoms with van der Waals surface area (Å²) < 4.78 is 0. The SMILES string of the molecule is CC(C)CN(CC(N)=O)C(=O)C(CN)CC(C)(C)C. The number of hydrogen-bond donors (Lipinski definition) is 2. The third-order valence-corrected chi connectivity index (χ3v) is 2.74. The van der Waals surface area contributed by atoms with Gasteiger partial charge in [-0.25, -0.2) is 0 Å². The molecule has 0 rings (SSSR count). The van der Waals surface area contributed by atoms with Crippen LogP contribution in [-0.4, -0.2) is 36.3 Å². The van der Waals surface area contributed by atoms with Crippen LogP contribution in [0.2, 0.25) is 0 Å². The van der Waals surface area contributed by atoms with E-state index >= 15 is 0 Å². The minimum atomic E-state index is -0.486. The Bertz CT molecular complexity index is 308. The van der Waals surface area contributed by atoms with Gasteiger partial charge < -0.3 is 16.4 Å². The summed E-state index contributed by atoms with van der Waals surface area (Å²) in [6.07, 6.45) is 0.704. The molecular weight excluding hydrogens is 242 g/mol. The van der Waals surface area contributed by atoms with Crippen molar-refractivity contribution in [3.63, 3.8) is 0 Å². The quantitative estimate of drug-likeness (QED) is 0.723. The van der Waals surface area contributed by atoms with Gasteiger partial charge in [-0.15, -0.1) is 0 Å². The molecule has 0 saturated carbocycles. The predicted molar refractivity (Wildman–Crippen MR) is 77.2 cm³/mol. The summed E-state index contributed by atoms with van der Waals surface area (Å²) in [5.74, 6) is -0.514. The van der Waals surface area contributed by atoms with Crippen LogP contribution in [-0.2, 0) is 9.59 Å². The number of carbonyl (C=O) groups is 2. The van der Waals surface area contributed by atoms with Gasteiger partial charge in [0, 0.05) is 13.1 Å². The summed E-state index contributed by atoms with van der Waals surface area (Å²) >= 11 is 0. The minimum Gasteiger partial charge on any atom is -0.368 e. The summed E-state index contributed by atoms with van der Waals surface area (Å²) in [7, 11) is 0. The van der Waals surface area contributed by atoms with Gasteiger partial charge >= 0.3 is 0 Å². The fourth-order valence-corrected chi connectivity index (χ4v) is 2.13. The lowest BCUT2D eigenvalue weighted by atomic mass is 9.84. The molecule has 112 valence electrons. The van der Waals surface area contributed by atoms with Gasteiger partial charge in [-0.2, -0.15) is 0 Å². The zero-order chi connectivity index (χ0) is 15.2. The van der Waals surface area contributed by atoms with E-state index < -0.39 is 5.91 Å². The van der Waals surface area contributed by atoms with Crippen LogP contribution < -0.4 is 11.5 Å². The van der Waals surface area contributed by atoms with Crippen LogP contribution >= 0.6 is 0 Å². The first-order valence-corrected chi connectivity index (χ1v) is 6.84. The van der Waals surface area contributed by atoms with E-state index in [1.165, 1.54) is 4.90 Å². The smallest absolute Gasteiger partial charge is 0.237 e. The first-order valence-electron chi connectivity index (χ1n) is 6.84. The molecule has 4 N–H and O–H groups in total. The largest absolute Gasteiger partial charge is 0.368 e. The van der Waals surface area contributed by atoms with E-state index in [0.717, 1.165) is 0 Å². The Kier molecular flexibility index (Phi) is 7.05. The highest BCUT2D eigenvalue weighted by Crippen LogP contribution is 2.25. The molecule has 1 unspecified atom stereocenters. The fraction of sp³-hybridized carbons (Fsp3) is 0.857. The Hall–Kier alpha value is -1.10. The monoisotopic (exact) mass is 271 g/mol. The second kappa shape index (κ2) is 7.48. The summed E-state index contributed by atoms with van der Waals surface area (Å²) in [5, 5.41) is 0. The topological polar surface area (TPSA) is 89.4 Å². The van der Waals surface area contributed by atoms with Gasteiger partial charge in [-0.3, -0.25) is 9.59 Å². The maximum atomic E-state index is 12.5.